The molecule has 1 aromatic carbocycles. The monoisotopic (exact) mass is 364 g/mol. The average Bonchev–Trinajstić information content (AvgIpc) is 2.91. The first-order chi connectivity index (χ1) is 11.2. The lowest BCUT2D eigenvalue weighted by Gasteiger charge is -2.17. The SMILES string of the molecule is CC(Sc1nnc(N)s1)C(=O)c1ccc(NC(=O)C(C)(C)C)cc1. The fourth-order valence-corrected chi connectivity index (χ4v) is 3.60. The number of nitrogens with one attached hydrogen (secondary N) is 1. The molecule has 0 saturated heterocycles. The van der Waals surface area contributed by atoms with Crippen LogP contribution in [0.25, 0.3) is 0 Å². The number of benzene rings is 1. The first-order valence-corrected chi connectivity index (χ1v) is 9.08. The lowest BCUT2D eigenvalue weighted by atomic mass is 9.95. The number of nitrogen functional groups attached to an aromatic ring is 1. The van der Waals surface area contributed by atoms with Crippen LogP contribution in [0.15, 0.2) is 28.6 Å². The Hall–Kier alpha value is -1.93. The van der Waals surface area contributed by atoms with Crippen LogP contribution < -0.4 is 11.1 Å². The molecule has 3 N–H and O–H groups in total. The second-order valence-electron chi connectivity index (χ2n) is 6.31. The Bertz CT molecular complexity index is 735. The molecule has 0 aliphatic rings. The molecule has 24 heavy (non-hydrogen) atoms. The molecule has 0 spiro atoms. The van der Waals surface area contributed by atoms with E-state index in [0.717, 1.165) is 0 Å². The van der Waals surface area contributed by atoms with Gasteiger partial charge in [-0.1, -0.05) is 43.9 Å². The zero-order chi connectivity index (χ0) is 17.9. The third-order valence-electron chi connectivity index (χ3n) is 3.18. The minimum Gasteiger partial charge on any atom is -0.374 e. The molecule has 0 aliphatic carbocycles. The maximum absolute atomic E-state index is 12.5. The van der Waals surface area contributed by atoms with Gasteiger partial charge < -0.3 is 11.1 Å². The molecule has 128 valence electrons. The van der Waals surface area contributed by atoms with Crippen molar-refractivity contribution in [2.75, 3.05) is 11.1 Å². The van der Waals surface area contributed by atoms with Gasteiger partial charge in [0.05, 0.1) is 5.25 Å². The van der Waals surface area contributed by atoms with Gasteiger partial charge in [0, 0.05) is 16.7 Å². The van der Waals surface area contributed by atoms with Gasteiger partial charge in [0.2, 0.25) is 11.0 Å². The standard InChI is InChI=1S/C16H20N4O2S2/c1-9(23-15-20-19-14(17)24-15)12(21)10-5-7-11(8-6-10)18-13(22)16(2,3)4/h5-9H,1-4H3,(H2,17,19)(H,18,22). The van der Waals surface area contributed by atoms with Crippen molar-refractivity contribution in [1.29, 1.82) is 0 Å². The third-order valence-corrected chi connectivity index (χ3v) is 5.11. The molecule has 1 amide bonds. The van der Waals surface area contributed by atoms with Crippen LogP contribution in [0.1, 0.15) is 38.1 Å². The van der Waals surface area contributed by atoms with Crippen LogP contribution in [-0.4, -0.2) is 27.1 Å². The van der Waals surface area contributed by atoms with Gasteiger partial charge in [-0.15, -0.1) is 10.2 Å². The van der Waals surface area contributed by atoms with Crippen molar-refractivity contribution in [2.45, 2.75) is 37.3 Å². The summed E-state index contributed by atoms with van der Waals surface area (Å²) in [6, 6.07) is 6.90. The highest BCUT2D eigenvalue weighted by atomic mass is 32.2. The number of thioether (sulfide) groups is 1. The Labute approximate surface area is 149 Å². The Kier molecular flexibility index (Phi) is 5.61. The maximum atomic E-state index is 12.5. The second kappa shape index (κ2) is 7.31. The van der Waals surface area contributed by atoms with Gasteiger partial charge in [0.25, 0.3) is 0 Å². The number of carbonyl (C=O) groups excluding carboxylic acids is 2. The number of nitrogens with two attached hydrogens (primary N) is 1. The summed E-state index contributed by atoms with van der Waals surface area (Å²) >= 11 is 2.59. The van der Waals surface area contributed by atoms with Crippen molar-refractivity contribution in [3.63, 3.8) is 0 Å². The van der Waals surface area contributed by atoms with Crippen molar-refractivity contribution in [3.05, 3.63) is 29.8 Å². The predicted molar refractivity (Wildman–Crippen MR) is 98.5 cm³/mol. The summed E-state index contributed by atoms with van der Waals surface area (Å²) in [6.45, 7) is 7.36. The van der Waals surface area contributed by atoms with Gasteiger partial charge in [-0.3, -0.25) is 9.59 Å². The summed E-state index contributed by atoms with van der Waals surface area (Å²) in [5.41, 5.74) is 6.33. The molecule has 1 atom stereocenters. The van der Waals surface area contributed by atoms with Gasteiger partial charge >= 0.3 is 0 Å². The van der Waals surface area contributed by atoms with Gasteiger partial charge in [-0.25, -0.2) is 0 Å². The van der Waals surface area contributed by atoms with Crippen LogP contribution in [0, 0.1) is 5.41 Å². The lowest BCUT2D eigenvalue weighted by molar-refractivity contribution is -0.123. The van der Waals surface area contributed by atoms with Crippen molar-refractivity contribution < 1.29 is 9.59 Å². The number of anilines is 2. The quantitative estimate of drug-likeness (QED) is 0.623. The van der Waals surface area contributed by atoms with Crippen LogP contribution in [0.3, 0.4) is 0 Å². The summed E-state index contributed by atoms with van der Waals surface area (Å²) < 4.78 is 0.669. The second-order valence-corrected chi connectivity index (χ2v) is 8.91. The Morgan fingerprint density at radius 2 is 1.83 bits per heavy atom. The molecular formula is C16H20N4O2S2. The molecule has 0 radical (unpaired) electrons. The number of amides is 1. The van der Waals surface area contributed by atoms with Gasteiger partial charge in [0.15, 0.2) is 10.1 Å². The number of nitrogens with zero attached hydrogens (tertiary/aromatic N) is 2. The van der Waals surface area contributed by atoms with E-state index in [0.29, 0.717) is 20.7 Å². The normalized spacial score (nSPS) is 12.7. The molecule has 0 bridgehead atoms. The van der Waals surface area contributed by atoms with E-state index in [9.17, 15) is 9.59 Å². The fourth-order valence-electron chi connectivity index (χ4n) is 1.74. The van der Waals surface area contributed by atoms with E-state index < -0.39 is 5.41 Å². The summed E-state index contributed by atoms with van der Waals surface area (Å²) in [5, 5.41) is 10.6. The largest absolute Gasteiger partial charge is 0.374 e. The van der Waals surface area contributed by atoms with E-state index in [2.05, 4.69) is 15.5 Å². The van der Waals surface area contributed by atoms with Crippen LogP contribution >= 0.6 is 23.1 Å². The Balaban J connectivity index is 2.01. The van der Waals surface area contributed by atoms with E-state index >= 15 is 0 Å². The Morgan fingerprint density at radius 3 is 2.33 bits per heavy atom. The van der Waals surface area contributed by atoms with Crippen LogP contribution in [0.4, 0.5) is 10.8 Å². The number of Topliss-reactive ketones (excluding diaryl/α,β-unsaturated/α-hetero) is 1. The molecule has 0 aliphatic heterocycles. The highest BCUT2D eigenvalue weighted by Crippen LogP contribution is 2.29. The van der Waals surface area contributed by atoms with Crippen molar-refractivity contribution in [1.82, 2.24) is 10.2 Å². The number of rotatable bonds is 5. The van der Waals surface area contributed by atoms with Crippen LogP contribution in [-0.2, 0) is 4.79 Å². The maximum Gasteiger partial charge on any atom is 0.229 e. The lowest BCUT2D eigenvalue weighted by Crippen LogP contribution is -2.27. The summed E-state index contributed by atoms with van der Waals surface area (Å²) in [6.07, 6.45) is 0. The van der Waals surface area contributed by atoms with Gasteiger partial charge in [0.1, 0.15) is 0 Å². The topological polar surface area (TPSA) is 98.0 Å². The predicted octanol–water partition coefficient (Wildman–Crippen LogP) is 3.47. The summed E-state index contributed by atoms with van der Waals surface area (Å²) in [5.74, 6) is -0.0816. The van der Waals surface area contributed by atoms with E-state index in [4.69, 9.17) is 5.73 Å². The third kappa shape index (κ3) is 4.78. The molecule has 0 fully saturated rings. The van der Waals surface area contributed by atoms with Crippen molar-refractivity contribution in [3.8, 4) is 0 Å². The van der Waals surface area contributed by atoms with Crippen LogP contribution in [0.2, 0.25) is 0 Å². The summed E-state index contributed by atoms with van der Waals surface area (Å²) in [4.78, 5) is 24.4. The van der Waals surface area contributed by atoms with E-state index in [1.165, 1.54) is 23.1 Å². The van der Waals surface area contributed by atoms with Gasteiger partial charge in [-0.2, -0.15) is 0 Å². The number of aromatic nitrogens is 2. The molecule has 6 nitrogen and oxygen atoms in total. The van der Waals surface area contributed by atoms with Crippen LogP contribution in [0.5, 0.6) is 0 Å². The highest BCUT2D eigenvalue weighted by molar-refractivity contribution is 8.02. The smallest absolute Gasteiger partial charge is 0.229 e. The molecule has 2 rings (SSSR count). The minimum atomic E-state index is -0.469. The van der Waals surface area contributed by atoms with E-state index in [-0.39, 0.29) is 16.9 Å². The zero-order valence-electron chi connectivity index (χ0n) is 14.0. The number of hydrogen-bond donors (Lipinski definition) is 2. The fraction of sp³-hybridized carbons (Fsp3) is 0.375. The number of hydrogen-bond acceptors (Lipinski definition) is 7. The first kappa shape index (κ1) is 18.4. The van der Waals surface area contributed by atoms with Crippen molar-refractivity contribution in [2.24, 2.45) is 5.41 Å². The van der Waals surface area contributed by atoms with E-state index in [1.54, 1.807) is 24.3 Å². The summed E-state index contributed by atoms with van der Waals surface area (Å²) in [7, 11) is 0. The number of carbonyl (C=O) groups is 2. The number of ketones is 1. The molecule has 1 aromatic heterocycles. The first-order valence-electron chi connectivity index (χ1n) is 7.38. The molecule has 8 heteroatoms. The molecule has 1 heterocycles. The molecule has 1 unspecified atom stereocenters. The minimum absolute atomic E-state index is 0.0116. The zero-order valence-corrected chi connectivity index (χ0v) is 15.6. The average molecular weight is 364 g/mol. The molecule has 0 saturated carbocycles. The highest BCUT2D eigenvalue weighted by Gasteiger charge is 2.22. The van der Waals surface area contributed by atoms with E-state index in [1.807, 2.05) is 27.7 Å². The molecule has 2 aromatic rings. The van der Waals surface area contributed by atoms with Gasteiger partial charge in [-0.05, 0) is 31.2 Å². The Morgan fingerprint density at radius 1 is 1.21 bits per heavy atom. The van der Waals surface area contributed by atoms with Crippen molar-refractivity contribution >= 4 is 45.6 Å². The molecular weight excluding hydrogens is 344 g/mol.